The number of nitrogens with zero attached hydrogens (tertiary/aromatic N) is 3. The predicted molar refractivity (Wildman–Crippen MR) is 63.6 cm³/mol. The summed E-state index contributed by atoms with van der Waals surface area (Å²) in [7, 11) is 1.84. The molecule has 1 N–H and O–H groups in total. The molecule has 0 bridgehead atoms. The standard InChI is InChI=1S/C12H18N4O/c1-8-3-9-4-13-6-11(9)16(8)12(17)10-5-14-15(2)7-10/h5,7-9,11,13H,3-4,6H2,1-2H3. The number of hydrogen-bond donors (Lipinski definition) is 1. The molecular formula is C12H18N4O. The van der Waals surface area contributed by atoms with Crippen molar-refractivity contribution in [2.75, 3.05) is 13.1 Å². The SMILES string of the molecule is CC1CC2CNCC2N1C(=O)c1cnn(C)c1. The van der Waals surface area contributed by atoms with Crippen LogP contribution in [0.4, 0.5) is 0 Å². The number of aromatic nitrogens is 2. The Morgan fingerprint density at radius 2 is 2.35 bits per heavy atom. The van der Waals surface area contributed by atoms with Gasteiger partial charge < -0.3 is 10.2 Å². The minimum absolute atomic E-state index is 0.127. The van der Waals surface area contributed by atoms with E-state index in [-0.39, 0.29) is 5.91 Å². The fourth-order valence-electron chi connectivity index (χ4n) is 3.20. The molecule has 17 heavy (non-hydrogen) atoms. The molecule has 5 heteroatoms. The van der Waals surface area contributed by atoms with Gasteiger partial charge in [0.2, 0.25) is 0 Å². The molecule has 1 aromatic heterocycles. The van der Waals surface area contributed by atoms with Gasteiger partial charge in [-0.05, 0) is 19.3 Å². The first kappa shape index (κ1) is 10.8. The van der Waals surface area contributed by atoms with E-state index in [1.165, 1.54) is 0 Å². The summed E-state index contributed by atoms with van der Waals surface area (Å²) in [4.78, 5) is 14.5. The Labute approximate surface area is 101 Å². The van der Waals surface area contributed by atoms with Crippen LogP contribution >= 0.6 is 0 Å². The zero-order valence-corrected chi connectivity index (χ0v) is 10.3. The molecule has 92 valence electrons. The molecule has 0 saturated carbocycles. The smallest absolute Gasteiger partial charge is 0.257 e. The molecule has 0 aliphatic carbocycles. The second-order valence-electron chi connectivity index (χ2n) is 5.19. The van der Waals surface area contributed by atoms with Crippen LogP contribution in [0.25, 0.3) is 0 Å². The van der Waals surface area contributed by atoms with Gasteiger partial charge in [0.15, 0.2) is 0 Å². The van der Waals surface area contributed by atoms with Crippen LogP contribution in [0.2, 0.25) is 0 Å². The largest absolute Gasteiger partial charge is 0.331 e. The van der Waals surface area contributed by atoms with Crippen LogP contribution in [0.5, 0.6) is 0 Å². The lowest BCUT2D eigenvalue weighted by atomic mass is 10.0. The number of carbonyl (C=O) groups is 1. The van der Waals surface area contributed by atoms with Gasteiger partial charge in [0.1, 0.15) is 0 Å². The van der Waals surface area contributed by atoms with Crippen molar-refractivity contribution in [3.8, 4) is 0 Å². The molecule has 2 aliphatic heterocycles. The summed E-state index contributed by atoms with van der Waals surface area (Å²) in [5.74, 6) is 0.757. The van der Waals surface area contributed by atoms with Crippen LogP contribution in [-0.2, 0) is 7.05 Å². The van der Waals surface area contributed by atoms with Crippen molar-refractivity contribution in [1.29, 1.82) is 0 Å². The van der Waals surface area contributed by atoms with Crippen molar-refractivity contribution >= 4 is 5.91 Å². The van der Waals surface area contributed by atoms with Crippen molar-refractivity contribution < 1.29 is 4.79 Å². The Morgan fingerprint density at radius 3 is 3.06 bits per heavy atom. The number of fused-ring (bicyclic) bond motifs is 1. The number of amides is 1. The van der Waals surface area contributed by atoms with Crippen molar-refractivity contribution in [2.45, 2.75) is 25.4 Å². The third-order valence-electron chi connectivity index (χ3n) is 3.97. The van der Waals surface area contributed by atoms with Gasteiger partial charge in [-0.15, -0.1) is 0 Å². The normalized spacial score (nSPS) is 31.9. The molecule has 0 spiro atoms. The van der Waals surface area contributed by atoms with Crippen molar-refractivity contribution in [3.05, 3.63) is 18.0 Å². The topological polar surface area (TPSA) is 50.2 Å². The predicted octanol–water partition coefficient (Wildman–Crippen LogP) is 0.242. The summed E-state index contributed by atoms with van der Waals surface area (Å²) < 4.78 is 1.68. The minimum atomic E-state index is 0.127. The van der Waals surface area contributed by atoms with Gasteiger partial charge in [-0.2, -0.15) is 5.10 Å². The van der Waals surface area contributed by atoms with Crippen LogP contribution in [0.15, 0.2) is 12.4 Å². The number of aryl methyl sites for hydroxylation is 1. The average Bonchev–Trinajstić information content (AvgIpc) is 2.92. The van der Waals surface area contributed by atoms with Crippen LogP contribution in [0.3, 0.4) is 0 Å². The highest BCUT2D eigenvalue weighted by molar-refractivity contribution is 5.94. The zero-order chi connectivity index (χ0) is 12.0. The van der Waals surface area contributed by atoms with Gasteiger partial charge in [0.05, 0.1) is 11.8 Å². The number of likely N-dealkylation sites (tertiary alicyclic amines) is 1. The highest BCUT2D eigenvalue weighted by Crippen LogP contribution is 2.33. The summed E-state index contributed by atoms with van der Waals surface area (Å²) >= 11 is 0. The number of rotatable bonds is 1. The first-order chi connectivity index (χ1) is 8.16. The first-order valence-electron chi connectivity index (χ1n) is 6.19. The van der Waals surface area contributed by atoms with Crippen LogP contribution in [-0.4, -0.2) is 45.8 Å². The monoisotopic (exact) mass is 234 g/mol. The van der Waals surface area contributed by atoms with Crippen LogP contribution < -0.4 is 5.32 Å². The van der Waals surface area contributed by atoms with Gasteiger partial charge in [-0.1, -0.05) is 0 Å². The van der Waals surface area contributed by atoms with Gasteiger partial charge in [-0.3, -0.25) is 9.48 Å². The molecule has 2 fully saturated rings. The molecular weight excluding hydrogens is 216 g/mol. The molecule has 1 aromatic rings. The van der Waals surface area contributed by atoms with E-state index in [9.17, 15) is 4.79 Å². The number of hydrogen-bond acceptors (Lipinski definition) is 3. The average molecular weight is 234 g/mol. The number of nitrogens with one attached hydrogen (secondary N) is 1. The number of carbonyl (C=O) groups excluding carboxylic acids is 1. The van der Waals surface area contributed by atoms with E-state index < -0.39 is 0 Å². The Kier molecular flexibility index (Phi) is 2.43. The van der Waals surface area contributed by atoms with E-state index >= 15 is 0 Å². The molecule has 3 atom stereocenters. The first-order valence-corrected chi connectivity index (χ1v) is 6.19. The zero-order valence-electron chi connectivity index (χ0n) is 10.3. The van der Waals surface area contributed by atoms with E-state index in [2.05, 4.69) is 17.3 Å². The van der Waals surface area contributed by atoms with Gasteiger partial charge >= 0.3 is 0 Å². The second kappa shape index (κ2) is 3.84. The van der Waals surface area contributed by atoms with E-state index in [4.69, 9.17) is 0 Å². The third kappa shape index (κ3) is 1.65. The lowest BCUT2D eigenvalue weighted by molar-refractivity contribution is 0.0682. The lowest BCUT2D eigenvalue weighted by Crippen LogP contribution is -2.42. The molecule has 1 amide bonds. The Hall–Kier alpha value is -1.36. The summed E-state index contributed by atoms with van der Waals surface area (Å²) in [5.41, 5.74) is 0.701. The maximum Gasteiger partial charge on any atom is 0.257 e. The van der Waals surface area contributed by atoms with E-state index in [1.807, 2.05) is 11.9 Å². The van der Waals surface area contributed by atoms with Crippen molar-refractivity contribution in [1.82, 2.24) is 20.0 Å². The third-order valence-corrected chi connectivity index (χ3v) is 3.97. The van der Waals surface area contributed by atoms with E-state index in [0.717, 1.165) is 19.5 Å². The van der Waals surface area contributed by atoms with E-state index in [0.29, 0.717) is 23.6 Å². The van der Waals surface area contributed by atoms with Crippen molar-refractivity contribution in [2.24, 2.45) is 13.0 Å². The van der Waals surface area contributed by atoms with Crippen molar-refractivity contribution in [3.63, 3.8) is 0 Å². The molecule has 2 saturated heterocycles. The fourth-order valence-corrected chi connectivity index (χ4v) is 3.20. The molecule has 2 aliphatic rings. The maximum absolute atomic E-state index is 12.5. The Morgan fingerprint density at radius 1 is 1.53 bits per heavy atom. The molecule has 3 unspecified atom stereocenters. The molecule has 5 nitrogen and oxygen atoms in total. The summed E-state index contributed by atoms with van der Waals surface area (Å²) in [6.45, 7) is 4.12. The maximum atomic E-state index is 12.5. The Bertz CT molecular complexity index is 441. The lowest BCUT2D eigenvalue weighted by Gasteiger charge is -2.27. The second-order valence-corrected chi connectivity index (χ2v) is 5.19. The summed E-state index contributed by atoms with van der Waals surface area (Å²) in [6, 6.07) is 0.720. The highest BCUT2D eigenvalue weighted by Gasteiger charge is 2.44. The molecule has 3 rings (SSSR count). The quantitative estimate of drug-likeness (QED) is 0.757. The molecule has 0 radical (unpaired) electrons. The van der Waals surface area contributed by atoms with Gasteiger partial charge in [0, 0.05) is 38.4 Å². The van der Waals surface area contributed by atoms with Crippen LogP contribution in [0, 0.1) is 5.92 Å². The fraction of sp³-hybridized carbons (Fsp3) is 0.667. The van der Waals surface area contributed by atoms with Gasteiger partial charge in [0.25, 0.3) is 5.91 Å². The van der Waals surface area contributed by atoms with Crippen LogP contribution in [0.1, 0.15) is 23.7 Å². The minimum Gasteiger partial charge on any atom is -0.331 e. The summed E-state index contributed by atoms with van der Waals surface area (Å²) in [5, 5.41) is 7.44. The highest BCUT2D eigenvalue weighted by atomic mass is 16.2. The molecule has 3 heterocycles. The molecule has 0 aromatic carbocycles. The summed E-state index contributed by atoms with van der Waals surface area (Å²) in [6.07, 6.45) is 4.57. The van der Waals surface area contributed by atoms with E-state index in [1.54, 1.807) is 17.1 Å². The van der Waals surface area contributed by atoms with Gasteiger partial charge in [-0.25, -0.2) is 0 Å². The Balaban J connectivity index is 1.85.